The summed E-state index contributed by atoms with van der Waals surface area (Å²) in [4.78, 5) is 23.0. The van der Waals surface area contributed by atoms with E-state index < -0.39 is 23.7 Å². The molecule has 1 atom stereocenters. The van der Waals surface area contributed by atoms with Gasteiger partial charge in [0.25, 0.3) is 0 Å². The van der Waals surface area contributed by atoms with Crippen LogP contribution < -0.4 is 5.32 Å². The highest BCUT2D eigenvalue weighted by Crippen LogP contribution is 2.15. The van der Waals surface area contributed by atoms with Crippen LogP contribution in [0.1, 0.15) is 42.7 Å². The van der Waals surface area contributed by atoms with Gasteiger partial charge >= 0.3 is 12.1 Å². The van der Waals surface area contributed by atoms with Gasteiger partial charge in [0.2, 0.25) is 0 Å². The Balaban J connectivity index is 2.76. The Bertz CT molecular complexity index is 490. The van der Waals surface area contributed by atoms with E-state index in [2.05, 4.69) is 10.1 Å². The minimum absolute atomic E-state index is 0.281. The zero-order valence-electron chi connectivity index (χ0n) is 12.7. The molecule has 0 aromatic heterocycles. The second kappa shape index (κ2) is 7.08. The SMILES string of the molecule is COC(=O)c1ccc(C(CO)NC(=O)OC(C)(C)C)cc1. The van der Waals surface area contributed by atoms with E-state index in [1.165, 1.54) is 7.11 Å². The van der Waals surface area contributed by atoms with Crippen molar-refractivity contribution in [1.29, 1.82) is 0 Å². The third kappa shape index (κ3) is 5.43. The molecule has 1 amide bonds. The van der Waals surface area contributed by atoms with Gasteiger partial charge in [-0.15, -0.1) is 0 Å². The highest BCUT2D eigenvalue weighted by atomic mass is 16.6. The molecule has 1 aromatic carbocycles. The Morgan fingerprint density at radius 3 is 2.24 bits per heavy atom. The molecule has 0 fully saturated rings. The molecule has 0 spiro atoms. The monoisotopic (exact) mass is 295 g/mol. The van der Waals surface area contributed by atoms with Gasteiger partial charge in [0, 0.05) is 0 Å². The molecular weight excluding hydrogens is 274 g/mol. The number of benzene rings is 1. The molecule has 0 bridgehead atoms. The maximum Gasteiger partial charge on any atom is 0.408 e. The van der Waals surface area contributed by atoms with Crippen LogP contribution in [0.15, 0.2) is 24.3 Å². The van der Waals surface area contributed by atoms with E-state index in [0.717, 1.165) is 0 Å². The number of methoxy groups -OCH3 is 1. The first-order chi connectivity index (χ1) is 9.76. The van der Waals surface area contributed by atoms with Crippen LogP contribution in [0.25, 0.3) is 0 Å². The van der Waals surface area contributed by atoms with Crippen molar-refractivity contribution in [3.8, 4) is 0 Å². The highest BCUT2D eigenvalue weighted by molar-refractivity contribution is 5.89. The van der Waals surface area contributed by atoms with E-state index in [1.54, 1.807) is 45.0 Å². The van der Waals surface area contributed by atoms with Gasteiger partial charge in [-0.3, -0.25) is 0 Å². The molecule has 1 unspecified atom stereocenters. The highest BCUT2D eigenvalue weighted by Gasteiger charge is 2.20. The fourth-order valence-corrected chi connectivity index (χ4v) is 1.65. The van der Waals surface area contributed by atoms with E-state index in [1.807, 2.05) is 0 Å². The number of hydrogen-bond acceptors (Lipinski definition) is 5. The maximum absolute atomic E-state index is 11.7. The first-order valence-corrected chi connectivity index (χ1v) is 6.55. The Morgan fingerprint density at radius 2 is 1.81 bits per heavy atom. The van der Waals surface area contributed by atoms with E-state index >= 15 is 0 Å². The number of ether oxygens (including phenoxy) is 2. The number of nitrogens with one attached hydrogen (secondary N) is 1. The number of amides is 1. The Labute approximate surface area is 124 Å². The van der Waals surface area contributed by atoms with Crippen LogP contribution in [0.4, 0.5) is 4.79 Å². The summed E-state index contributed by atoms with van der Waals surface area (Å²) in [5.41, 5.74) is 0.449. The number of aliphatic hydroxyl groups excluding tert-OH is 1. The smallest absolute Gasteiger partial charge is 0.408 e. The molecule has 21 heavy (non-hydrogen) atoms. The van der Waals surface area contributed by atoms with Crippen LogP contribution in [0.2, 0.25) is 0 Å². The summed E-state index contributed by atoms with van der Waals surface area (Å²) in [5.74, 6) is -0.442. The number of hydrogen-bond donors (Lipinski definition) is 2. The zero-order chi connectivity index (χ0) is 16.0. The second-order valence-electron chi connectivity index (χ2n) is 5.49. The molecule has 0 aliphatic rings. The second-order valence-corrected chi connectivity index (χ2v) is 5.49. The van der Waals surface area contributed by atoms with Gasteiger partial charge in [0.05, 0.1) is 25.3 Å². The average Bonchev–Trinajstić information content (AvgIpc) is 2.42. The van der Waals surface area contributed by atoms with Gasteiger partial charge in [-0.05, 0) is 38.5 Å². The van der Waals surface area contributed by atoms with Crippen LogP contribution in [0, 0.1) is 0 Å². The van der Waals surface area contributed by atoms with Crippen LogP contribution >= 0.6 is 0 Å². The molecule has 6 nitrogen and oxygen atoms in total. The summed E-state index contributed by atoms with van der Waals surface area (Å²) in [6.07, 6.45) is -0.612. The minimum atomic E-state index is -0.612. The number of carbonyl (C=O) groups excluding carboxylic acids is 2. The molecule has 0 aliphatic carbocycles. The molecule has 1 rings (SSSR count). The molecule has 0 aliphatic heterocycles. The standard InChI is InChI=1S/C15H21NO5/c1-15(2,3)21-14(19)16-12(9-17)10-5-7-11(8-6-10)13(18)20-4/h5-8,12,17H,9H2,1-4H3,(H,16,19). The molecular formula is C15H21NO5. The van der Waals surface area contributed by atoms with E-state index in [0.29, 0.717) is 11.1 Å². The van der Waals surface area contributed by atoms with Crippen molar-refractivity contribution in [1.82, 2.24) is 5.32 Å². The largest absolute Gasteiger partial charge is 0.465 e. The quantitative estimate of drug-likeness (QED) is 0.830. The van der Waals surface area contributed by atoms with E-state index in [-0.39, 0.29) is 6.61 Å². The van der Waals surface area contributed by atoms with Crippen molar-refractivity contribution in [2.45, 2.75) is 32.4 Å². The molecule has 0 heterocycles. The fourth-order valence-electron chi connectivity index (χ4n) is 1.65. The summed E-state index contributed by atoms with van der Waals surface area (Å²) in [6.45, 7) is 4.99. The lowest BCUT2D eigenvalue weighted by Crippen LogP contribution is -2.36. The van der Waals surface area contributed by atoms with Crippen molar-refractivity contribution in [2.75, 3.05) is 13.7 Å². The van der Waals surface area contributed by atoms with Gasteiger partial charge in [0.15, 0.2) is 0 Å². The molecule has 2 N–H and O–H groups in total. The van der Waals surface area contributed by atoms with Crippen molar-refractivity contribution in [2.24, 2.45) is 0 Å². The van der Waals surface area contributed by atoms with Crippen molar-refractivity contribution >= 4 is 12.1 Å². The molecule has 116 valence electrons. The topological polar surface area (TPSA) is 84.9 Å². The fraction of sp³-hybridized carbons (Fsp3) is 0.467. The number of rotatable bonds is 4. The normalized spacial score (nSPS) is 12.4. The number of carbonyl (C=O) groups is 2. The lowest BCUT2D eigenvalue weighted by Gasteiger charge is -2.23. The Hall–Kier alpha value is -2.08. The van der Waals surface area contributed by atoms with Gasteiger partial charge in [-0.2, -0.15) is 0 Å². The lowest BCUT2D eigenvalue weighted by molar-refractivity contribution is 0.0480. The van der Waals surface area contributed by atoms with Crippen LogP contribution in [0.3, 0.4) is 0 Å². The summed E-state index contributed by atoms with van der Waals surface area (Å²) in [7, 11) is 1.30. The van der Waals surface area contributed by atoms with Gasteiger partial charge < -0.3 is 19.9 Å². The first-order valence-electron chi connectivity index (χ1n) is 6.55. The van der Waals surface area contributed by atoms with Crippen molar-refractivity contribution in [3.05, 3.63) is 35.4 Å². The molecule has 0 radical (unpaired) electrons. The van der Waals surface area contributed by atoms with E-state index in [4.69, 9.17) is 4.74 Å². The predicted octanol–water partition coefficient (Wildman–Crippen LogP) is 2.03. The zero-order valence-corrected chi connectivity index (χ0v) is 12.7. The van der Waals surface area contributed by atoms with Gasteiger partial charge in [-0.1, -0.05) is 12.1 Å². The van der Waals surface area contributed by atoms with Crippen LogP contribution in [-0.2, 0) is 9.47 Å². The summed E-state index contributed by atoms with van der Waals surface area (Å²) in [5, 5.41) is 12.0. The first kappa shape index (κ1) is 17.0. The van der Waals surface area contributed by atoms with Gasteiger partial charge in [-0.25, -0.2) is 9.59 Å². The van der Waals surface area contributed by atoms with Gasteiger partial charge in [0.1, 0.15) is 5.60 Å². The summed E-state index contributed by atoms with van der Waals surface area (Å²) >= 11 is 0. The lowest BCUT2D eigenvalue weighted by atomic mass is 10.1. The van der Waals surface area contributed by atoms with Crippen LogP contribution in [-0.4, -0.2) is 36.5 Å². The molecule has 0 saturated carbocycles. The number of esters is 1. The summed E-state index contributed by atoms with van der Waals surface area (Å²) in [6, 6.07) is 5.82. The van der Waals surface area contributed by atoms with Crippen molar-refractivity contribution in [3.63, 3.8) is 0 Å². The maximum atomic E-state index is 11.7. The molecule has 6 heteroatoms. The number of alkyl carbamates (subject to hydrolysis) is 1. The molecule has 1 aromatic rings. The Morgan fingerprint density at radius 1 is 1.24 bits per heavy atom. The molecule has 0 saturated heterocycles. The van der Waals surface area contributed by atoms with E-state index in [9.17, 15) is 14.7 Å². The average molecular weight is 295 g/mol. The third-order valence-electron chi connectivity index (χ3n) is 2.61. The minimum Gasteiger partial charge on any atom is -0.465 e. The van der Waals surface area contributed by atoms with Crippen molar-refractivity contribution < 1.29 is 24.2 Å². The predicted molar refractivity (Wildman–Crippen MR) is 77.0 cm³/mol. The number of aliphatic hydroxyl groups is 1. The summed E-state index contributed by atoms with van der Waals surface area (Å²) < 4.78 is 9.74. The third-order valence-corrected chi connectivity index (χ3v) is 2.61. The van der Waals surface area contributed by atoms with Crippen LogP contribution in [0.5, 0.6) is 0 Å². The Kier molecular flexibility index (Phi) is 5.72.